The van der Waals surface area contributed by atoms with Crippen molar-refractivity contribution in [3.05, 3.63) is 11.6 Å². The second-order valence-electron chi connectivity index (χ2n) is 4.12. The van der Waals surface area contributed by atoms with Gasteiger partial charge in [0, 0.05) is 5.57 Å². The van der Waals surface area contributed by atoms with E-state index in [1.807, 2.05) is 19.9 Å². The third-order valence-corrected chi connectivity index (χ3v) is 3.10. The second-order valence-corrected chi connectivity index (χ2v) is 4.12. The molecule has 0 spiro atoms. The average molecular weight is 168 g/mol. The van der Waals surface area contributed by atoms with Gasteiger partial charge in [0.1, 0.15) is 0 Å². The summed E-state index contributed by atoms with van der Waals surface area (Å²) in [5.41, 5.74) is 0.422. The highest BCUT2D eigenvalue weighted by molar-refractivity contribution is 5.88. The molecular formula is C10H16O2. The van der Waals surface area contributed by atoms with E-state index in [0.29, 0.717) is 11.5 Å². The molecule has 0 amide bonds. The lowest BCUT2D eigenvalue weighted by molar-refractivity contribution is -0.134. The summed E-state index contributed by atoms with van der Waals surface area (Å²) in [5, 5.41) is 8.92. The molecule has 1 N–H and O–H groups in total. The fourth-order valence-corrected chi connectivity index (χ4v) is 1.73. The minimum Gasteiger partial charge on any atom is -0.478 e. The van der Waals surface area contributed by atoms with Crippen molar-refractivity contribution >= 4 is 5.97 Å². The van der Waals surface area contributed by atoms with Crippen molar-refractivity contribution in [2.45, 2.75) is 33.6 Å². The molecule has 68 valence electrons. The highest BCUT2D eigenvalue weighted by Crippen LogP contribution is 2.41. The molecule has 1 unspecified atom stereocenters. The Morgan fingerprint density at radius 2 is 2.25 bits per heavy atom. The Morgan fingerprint density at radius 3 is 2.67 bits per heavy atom. The van der Waals surface area contributed by atoms with Crippen LogP contribution in [-0.4, -0.2) is 11.1 Å². The van der Waals surface area contributed by atoms with Crippen molar-refractivity contribution in [3.8, 4) is 0 Å². The van der Waals surface area contributed by atoms with Crippen LogP contribution in [0.1, 0.15) is 33.6 Å². The summed E-state index contributed by atoms with van der Waals surface area (Å²) in [4.78, 5) is 10.8. The van der Waals surface area contributed by atoms with Crippen LogP contribution in [0.5, 0.6) is 0 Å². The Morgan fingerprint density at radius 1 is 1.67 bits per heavy atom. The third-order valence-electron chi connectivity index (χ3n) is 3.10. The van der Waals surface area contributed by atoms with E-state index in [-0.39, 0.29) is 5.41 Å². The van der Waals surface area contributed by atoms with Crippen LogP contribution >= 0.6 is 0 Å². The summed E-state index contributed by atoms with van der Waals surface area (Å²) in [6.07, 6.45) is 3.87. The normalized spacial score (nSPS) is 27.9. The van der Waals surface area contributed by atoms with Gasteiger partial charge in [-0.2, -0.15) is 0 Å². The number of aliphatic carboxylic acids is 1. The lowest BCUT2D eigenvalue weighted by atomic mass is 9.68. The topological polar surface area (TPSA) is 37.3 Å². The molecule has 2 nitrogen and oxygen atoms in total. The lowest BCUT2D eigenvalue weighted by Crippen LogP contribution is -2.31. The number of carboxylic acids is 1. The van der Waals surface area contributed by atoms with Gasteiger partial charge < -0.3 is 5.11 Å². The molecular weight excluding hydrogens is 152 g/mol. The molecule has 1 aliphatic carbocycles. The van der Waals surface area contributed by atoms with Crippen LogP contribution < -0.4 is 0 Å². The van der Waals surface area contributed by atoms with E-state index in [1.54, 1.807) is 0 Å². The zero-order valence-electron chi connectivity index (χ0n) is 7.92. The molecule has 0 fully saturated rings. The zero-order valence-corrected chi connectivity index (χ0v) is 7.92. The van der Waals surface area contributed by atoms with E-state index in [1.165, 1.54) is 0 Å². The zero-order chi connectivity index (χ0) is 9.35. The van der Waals surface area contributed by atoms with E-state index < -0.39 is 5.97 Å². The highest BCUT2D eigenvalue weighted by atomic mass is 16.4. The number of rotatable bonds is 1. The van der Waals surface area contributed by atoms with E-state index in [9.17, 15) is 4.79 Å². The Labute approximate surface area is 73.3 Å². The van der Waals surface area contributed by atoms with Crippen molar-refractivity contribution in [2.24, 2.45) is 11.3 Å². The van der Waals surface area contributed by atoms with Crippen molar-refractivity contribution in [1.82, 2.24) is 0 Å². The van der Waals surface area contributed by atoms with E-state index in [4.69, 9.17) is 5.11 Å². The van der Waals surface area contributed by atoms with Crippen molar-refractivity contribution in [2.75, 3.05) is 0 Å². The van der Waals surface area contributed by atoms with Gasteiger partial charge in [0.2, 0.25) is 0 Å². The number of hydrogen-bond acceptors (Lipinski definition) is 1. The Hall–Kier alpha value is -0.790. The third kappa shape index (κ3) is 1.38. The van der Waals surface area contributed by atoms with Crippen LogP contribution in [0.25, 0.3) is 0 Å². The Balaban J connectivity index is 2.98. The SMILES string of the molecule is CC1CCC=C(C(=O)O)C1(C)C. The summed E-state index contributed by atoms with van der Waals surface area (Å²) in [6.45, 7) is 6.14. The van der Waals surface area contributed by atoms with Crippen LogP contribution in [-0.2, 0) is 4.79 Å². The van der Waals surface area contributed by atoms with Gasteiger partial charge in [-0.1, -0.05) is 26.8 Å². The molecule has 2 heteroatoms. The van der Waals surface area contributed by atoms with Gasteiger partial charge in [0.05, 0.1) is 0 Å². The number of allylic oxidation sites excluding steroid dienone is 1. The molecule has 0 aromatic carbocycles. The van der Waals surface area contributed by atoms with Crippen molar-refractivity contribution in [3.63, 3.8) is 0 Å². The standard InChI is InChI=1S/C10H16O2/c1-7-5-4-6-8(9(11)12)10(7,2)3/h6-7H,4-5H2,1-3H3,(H,11,12). The fourth-order valence-electron chi connectivity index (χ4n) is 1.73. The monoisotopic (exact) mass is 168 g/mol. The van der Waals surface area contributed by atoms with Gasteiger partial charge in [-0.15, -0.1) is 0 Å². The molecule has 0 bridgehead atoms. The molecule has 1 rings (SSSR count). The highest BCUT2D eigenvalue weighted by Gasteiger charge is 2.35. The molecule has 0 heterocycles. The quantitative estimate of drug-likeness (QED) is 0.653. The van der Waals surface area contributed by atoms with Crippen LogP contribution in [0.15, 0.2) is 11.6 Å². The average Bonchev–Trinajstić information content (AvgIpc) is 1.94. The first kappa shape index (κ1) is 9.30. The molecule has 0 aromatic rings. The first-order valence-electron chi connectivity index (χ1n) is 4.40. The molecule has 0 saturated carbocycles. The summed E-state index contributed by atoms with van der Waals surface area (Å²) < 4.78 is 0. The maximum atomic E-state index is 10.8. The summed E-state index contributed by atoms with van der Waals surface area (Å²) in [5.74, 6) is -0.292. The fraction of sp³-hybridized carbons (Fsp3) is 0.700. The smallest absolute Gasteiger partial charge is 0.331 e. The molecule has 0 saturated heterocycles. The molecule has 0 aromatic heterocycles. The van der Waals surface area contributed by atoms with E-state index >= 15 is 0 Å². The number of hydrogen-bond donors (Lipinski definition) is 1. The van der Waals surface area contributed by atoms with Crippen molar-refractivity contribution in [1.29, 1.82) is 0 Å². The van der Waals surface area contributed by atoms with Gasteiger partial charge in [0.15, 0.2) is 0 Å². The predicted molar refractivity (Wildman–Crippen MR) is 47.9 cm³/mol. The van der Waals surface area contributed by atoms with E-state index in [0.717, 1.165) is 12.8 Å². The van der Waals surface area contributed by atoms with Crippen molar-refractivity contribution < 1.29 is 9.90 Å². The summed E-state index contributed by atoms with van der Waals surface area (Å²) in [7, 11) is 0. The number of carboxylic acid groups (broad SMARTS) is 1. The molecule has 1 aliphatic rings. The van der Waals surface area contributed by atoms with Crippen LogP contribution in [0.2, 0.25) is 0 Å². The molecule has 1 atom stereocenters. The number of carbonyl (C=O) groups is 1. The first-order chi connectivity index (χ1) is 5.46. The van der Waals surface area contributed by atoms with E-state index in [2.05, 4.69) is 6.92 Å². The lowest BCUT2D eigenvalue weighted by Gasteiger charge is -2.35. The van der Waals surface area contributed by atoms with Crippen LogP contribution in [0, 0.1) is 11.3 Å². The molecule has 12 heavy (non-hydrogen) atoms. The van der Waals surface area contributed by atoms with Gasteiger partial charge in [-0.3, -0.25) is 0 Å². The first-order valence-corrected chi connectivity index (χ1v) is 4.40. The van der Waals surface area contributed by atoms with Gasteiger partial charge in [0.25, 0.3) is 0 Å². The summed E-state index contributed by atoms with van der Waals surface area (Å²) in [6, 6.07) is 0. The maximum Gasteiger partial charge on any atom is 0.331 e. The predicted octanol–water partition coefficient (Wildman–Crippen LogP) is 2.45. The minimum atomic E-state index is -0.758. The summed E-state index contributed by atoms with van der Waals surface area (Å²) >= 11 is 0. The Bertz CT molecular complexity index is 226. The molecule has 0 aliphatic heterocycles. The molecule has 0 radical (unpaired) electrons. The van der Waals surface area contributed by atoms with Crippen LogP contribution in [0.3, 0.4) is 0 Å². The van der Waals surface area contributed by atoms with Gasteiger partial charge in [-0.25, -0.2) is 4.79 Å². The largest absolute Gasteiger partial charge is 0.478 e. The minimum absolute atomic E-state index is 0.163. The van der Waals surface area contributed by atoms with Gasteiger partial charge in [-0.05, 0) is 24.2 Å². The van der Waals surface area contributed by atoms with Crippen LogP contribution in [0.4, 0.5) is 0 Å². The second kappa shape index (κ2) is 2.92. The maximum absolute atomic E-state index is 10.8. The van der Waals surface area contributed by atoms with Gasteiger partial charge >= 0.3 is 5.97 Å². The Kier molecular flexibility index (Phi) is 2.27.